The van der Waals surface area contributed by atoms with Crippen molar-refractivity contribution in [3.63, 3.8) is 0 Å². The molecule has 1 aliphatic rings. The first-order chi connectivity index (χ1) is 13.7. The van der Waals surface area contributed by atoms with E-state index in [0.29, 0.717) is 29.2 Å². The van der Waals surface area contributed by atoms with E-state index < -0.39 is 17.5 Å². The predicted octanol–water partition coefficient (Wildman–Crippen LogP) is 3.33. The molecule has 2 aromatic heterocycles. The van der Waals surface area contributed by atoms with Gasteiger partial charge in [0.15, 0.2) is 0 Å². The zero-order valence-electron chi connectivity index (χ0n) is 16.0. The summed E-state index contributed by atoms with van der Waals surface area (Å²) in [5.41, 5.74) is 0.321. The van der Waals surface area contributed by atoms with Gasteiger partial charge in [0.1, 0.15) is 5.75 Å². The number of piperidine rings is 1. The fourth-order valence-corrected chi connectivity index (χ4v) is 3.60. The predicted molar refractivity (Wildman–Crippen MR) is 102 cm³/mol. The standard InChI is InChI=1S/C19H21F3N6O/c1-11-8-15(14-6-5-12(9-16(14)29)19(20,21)22)24-18-25-17(26-28(11)18)23-13-4-3-7-27(2)10-13/h5-6,8-9,13,29H,3-4,7,10H2,1-2H3,(H,23,26)/t13-/m1/s1. The van der Waals surface area contributed by atoms with Crippen molar-refractivity contribution >= 4 is 11.7 Å². The molecule has 0 bridgehead atoms. The van der Waals surface area contributed by atoms with Crippen LogP contribution in [0.2, 0.25) is 0 Å². The Kier molecular flexibility index (Phi) is 4.81. The third kappa shape index (κ3) is 3.98. The molecule has 1 aliphatic heterocycles. The largest absolute Gasteiger partial charge is 0.507 e. The second-order valence-corrected chi connectivity index (χ2v) is 7.41. The number of anilines is 1. The molecule has 0 amide bonds. The Morgan fingerprint density at radius 3 is 2.69 bits per heavy atom. The van der Waals surface area contributed by atoms with Gasteiger partial charge in [0.05, 0.1) is 11.3 Å². The summed E-state index contributed by atoms with van der Waals surface area (Å²) in [5.74, 6) is 0.278. The summed E-state index contributed by atoms with van der Waals surface area (Å²) in [6.07, 6.45) is -2.41. The van der Waals surface area contributed by atoms with Crippen molar-refractivity contribution in [1.29, 1.82) is 0 Å². The highest BCUT2D eigenvalue weighted by Gasteiger charge is 2.31. The van der Waals surface area contributed by atoms with Crippen LogP contribution in [0.4, 0.5) is 19.1 Å². The summed E-state index contributed by atoms with van der Waals surface area (Å²) in [7, 11) is 2.07. The molecule has 0 aliphatic carbocycles. The highest BCUT2D eigenvalue weighted by molar-refractivity contribution is 5.69. The zero-order valence-corrected chi connectivity index (χ0v) is 16.0. The van der Waals surface area contributed by atoms with E-state index >= 15 is 0 Å². The van der Waals surface area contributed by atoms with Crippen molar-refractivity contribution in [2.45, 2.75) is 32.0 Å². The Balaban J connectivity index is 1.65. The second kappa shape index (κ2) is 7.18. The van der Waals surface area contributed by atoms with E-state index in [1.165, 1.54) is 6.07 Å². The number of alkyl halides is 3. The first kappa shape index (κ1) is 19.4. The number of phenols is 1. The van der Waals surface area contributed by atoms with Crippen molar-refractivity contribution in [3.8, 4) is 17.0 Å². The third-order valence-electron chi connectivity index (χ3n) is 5.05. The Morgan fingerprint density at radius 1 is 1.21 bits per heavy atom. The lowest BCUT2D eigenvalue weighted by molar-refractivity contribution is -0.137. The molecule has 4 rings (SSSR count). The summed E-state index contributed by atoms with van der Waals surface area (Å²) < 4.78 is 40.1. The third-order valence-corrected chi connectivity index (χ3v) is 5.05. The van der Waals surface area contributed by atoms with Crippen LogP contribution in [0.5, 0.6) is 5.75 Å². The molecular formula is C19H21F3N6O. The smallest absolute Gasteiger partial charge is 0.416 e. The fourth-order valence-electron chi connectivity index (χ4n) is 3.60. The number of aromatic nitrogens is 4. The first-order valence-corrected chi connectivity index (χ1v) is 9.31. The van der Waals surface area contributed by atoms with Crippen LogP contribution in [0.3, 0.4) is 0 Å². The quantitative estimate of drug-likeness (QED) is 0.695. The average Bonchev–Trinajstić information content (AvgIpc) is 3.04. The van der Waals surface area contributed by atoms with E-state index in [2.05, 4.69) is 32.3 Å². The molecule has 2 N–H and O–H groups in total. The summed E-state index contributed by atoms with van der Waals surface area (Å²) in [6.45, 7) is 3.76. The van der Waals surface area contributed by atoms with E-state index in [-0.39, 0.29) is 11.6 Å². The Morgan fingerprint density at radius 2 is 2.00 bits per heavy atom. The lowest BCUT2D eigenvalue weighted by Crippen LogP contribution is -2.39. The van der Waals surface area contributed by atoms with E-state index in [1.807, 2.05) is 0 Å². The van der Waals surface area contributed by atoms with Gasteiger partial charge < -0.3 is 15.3 Å². The molecule has 1 aromatic carbocycles. The second-order valence-electron chi connectivity index (χ2n) is 7.41. The molecular weight excluding hydrogens is 385 g/mol. The number of benzene rings is 1. The van der Waals surface area contributed by atoms with E-state index in [1.54, 1.807) is 17.5 Å². The summed E-state index contributed by atoms with van der Waals surface area (Å²) >= 11 is 0. The Labute approximate surface area is 165 Å². The number of rotatable bonds is 3. The normalized spacial score (nSPS) is 18.3. The molecule has 0 radical (unpaired) electrons. The average molecular weight is 406 g/mol. The SMILES string of the molecule is Cc1cc(-c2ccc(C(F)(F)F)cc2O)nc2nc(N[C@@H]3CCCN(C)C3)nn12. The van der Waals surface area contributed by atoms with E-state index in [9.17, 15) is 18.3 Å². The maximum atomic E-state index is 12.8. The Bertz CT molecular complexity index is 1050. The number of likely N-dealkylation sites (tertiary alicyclic amines) is 1. The highest BCUT2D eigenvalue weighted by Crippen LogP contribution is 2.36. The van der Waals surface area contributed by atoms with Gasteiger partial charge in [-0.15, -0.1) is 5.10 Å². The molecule has 1 atom stereocenters. The van der Waals surface area contributed by atoms with Gasteiger partial charge in [0.2, 0.25) is 5.95 Å². The lowest BCUT2D eigenvalue weighted by Gasteiger charge is -2.29. The highest BCUT2D eigenvalue weighted by atomic mass is 19.4. The molecule has 1 fully saturated rings. The van der Waals surface area contributed by atoms with Crippen LogP contribution in [-0.2, 0) is 6.18 Å². The number of aromatic hydroxyl groups is 1. The topological polar surface area (TPSA) is 78.6 Å². The van der Waals surface area contributed by atoms with Gasteiger partial charge >= 0.3 is 6.18 Å². The molecule has 154 valence electrons. The minimum atomic E-state index is -4.52. The van der Waals surface area contributed by atoms with Crippen LogP contribution >= 0.6 is 0 Å². The van der Waals surface area contributed by atoms with Crippen LogP contribution in [0, 0.1) is 6.92 Å². The fraction of sp³-hybridized carbons (Fsp3) is 0.421. The molecule has 0 spiro atoms. The number of nitrogens with zero attached hydrogens (tertiary/aromatic N) is 5. The zero-order chi connectivity index (χ0) is 20.8. The number of nitrogens with one attached hydrogen (secondary N) is 1. The van der Waals surface area contributed by atoms with Gasteiger partial charge in [-0.05, 0) is 57.6 Å². The summed E-state index contributed by atoms with van der Waals surface area (Å²) in [4.78, 5) is 11.0. The van der Waals surface area contributed by atoms with Crippen LogP contribution in [-0.4, -0.2) is 55.8 Å². The van der Waals surface area contributed by atoms with Crippen molar-refractivity contribution < 1.29 is 18.3 Å². The Hall–Kier alpha value is -2.88. The molecule has 7 nitrogen and oxygen atoms in total. The maximum Gasteiger partial charge on any atom is 0.416 e. The molecule has 3 aromatic rings. The van der Waals surface area contributed by atoms with Crippen LogP contribution in [0.15, 0.2) is 24.3 Å². The number of likely N-dealkylation sites (N-methyl/N-ethyl adjacent to an activating group) is 1. The molecule has 29 heavy (non-hydrogen) atoms. The lowest BCUT2D eigenvalue weighted by atomic mass is 10.1. The van der Waals surface area contributed by atoms with E-state index in [0.717, 1.165) is 32.0 Å². The molecule has 10 heteroatoms. The summed E-state index contributed by atoms with van der Waals surface area (Å²) in [6, 6.07) is 4.73. The van der Waals surface area contributed by atoms with Crippen LogP contribution in [0.1, 0.15) is 24.1 Å². The van der Waals surface area contributed by atoms with Gasteiger partial charge in [-0.3, -0.25) is 0 Å². The van der Waals surface area contributed by atoms with Gasteiger partial charge in [-0.1, -0.05) is 0 Å². The number of halogens is 3. The minimum absolute atomic E-state index is 0.204. The van der Waals surface area contributed by atoms with Crippen molar-refractivity contribution in [1.82, 2.24) is 24.5 Å². The van der Waals surface area contributed by atoms with Crippen molar-refractivity contribution in [2.75, 3.05) is 25.5 Å². The monoisotopic (exact) mass is 406 g/mol. The molecule has 0 unspecified atom stereocenters. The molecule has 1 saturated heterocycles. The van der Waals surface area contributed by atoms with E-state index in [4.69, 9.17) is 0 Å². The van der Waals surface area contributed by atoms with Crippen LogP contribution in [0.25, 0.3) is 17.0 Å². The van der Waals surface area contributed by atoms with Gasteiger partial charge in [0.25, 0.3) is 5.78 Å². The van der Waals surface area contributed by atoms with Gasteiger partial charge in [-0.2, -0.15) is 22.7 Å². The number of aryl methyl sites for hydroxylation is 1. The van der Waals surface area contributed by atoms with Crippen molar-refractivity contribution in [3.05, 3.63) is 35.5 Å². The number of hydrogen-bond acceptors (Lipinski definition) is 6. The number of phenolic OH excluding ortho intramolecular Hbond substituents is 1. The first-order valence-electron chi connectivity index (χ1n) is 9.31. The summed E-state index contributed by atoms with van der Waals surface area (Å²) in [5, 5.41) is 17.9. The maximum absolute atomic E-state index is 12.8. The van der Waals surface area contributed by atoms with Gasteiger partial charge in [-0.25, -0.2) is 4.98 Å². The molecule has 0 saturated carbocycles. The minimum Gasteiger partial charge on any atom is -0.507 e. The molecule has 3 heterocycles. The van der Waals surface area contributed by atoms with Crippen molar-refractivity contribution in [2.24, 2.45) is 0 Å². The van der Waals surface area contributed by atoms with Crippen LogP contribution < -0.4 is 5.32 Å². The van der Waals surface area contributed by atoms with Gasteiger partial charge in [0, 0.05) is 23.8 Å². The number of hydrogen-bond donors (Lipinski definition) is 2. The number of fused-ring (bicyclic) bond motifs is 1.